The number of nitrogens with one attached hydrogen (secondary N) is 1. The molecule has 0 heterocycles. The Morgan fingerprint density at radius 3 is 2.42 bits per heavy atom. The Hall–Kier alpha value is -2.63. The van der Waals surface area contributed by atoms with Crippen LogP contribution in [0.2, 0.25) is 0 Å². The summed E-state index contributed by atoms with van der Waals surface area (Å²) < 4.78 is 4.76. The summed E-state index contributed by atoms with van der Waals surface area (Å²) in [6.45, 7) is 3.85. The van der Waals surface area contributed by atoms with Crippen LogP contribution in [-0.4, -0.2) is 30.1 Å². The summed E-state index contributed by atoms with van der Waals surface area (Å²) in [6.07, 6.45) is 2.36. The van der Waals surface area contributed by atoms with Crippen LogP contribution in [0.4, 0.5) is 0 Å². The van der Waals surface area contributed by atoms with Crippen LogP contribution >= 0.6 is 0 Å². The molecule has 26 heavy (non-hydrogen) atoms. The number of ether oxygens (including phenoxy) is 1. The van der Waals surface area contributed by atoms with Crippen LogP contribution in [0.5, 0.6) is 0 Å². The minimum absolute atomic E-state index is 0.0117. The summed E-state index contributed by atoms with van der Waals surface area (Å²) in [5, 5.41) is 12.2. The van der Waals surface area contributed by atoms with Crippen LogP contribution in [0.3, 0.4) is 0 Å². The number of esters is 1. The molecule has 1 aliphatic carbocycles. The van der Waals surface area contributed by atoms with Gasteiger partial charge in [-0.1, -0.05) is 23.8 Å². The average molecular weight is 359 g/mol. The first kappa shape index (κ1) is 19.7. The van der Waals surface area contributed by atoms with Crippen LogP contribution in [0.25, 0.3) is 0 Å². The summed E-state index contributed by atoms with van der Waals surface area (Å²) in [5.41, 5.74) is 3.27. The van der Waals surface area contributed by atoms with E-state index in [2.05, 4.69) is 5.32 Å². The van der Waals surface area contributed by atoms with Gasteiger partial charge in [0.2, 0.25) is 5.91 Å². The predicted octanol–water partition coefficient (Wildman–Crippen LogP) is 2.98. The second kappa shape index (κ2) is 8.65. The molecule has 0 aromatic heterocycles. The average Bonchev–Trinajstić information content (AvgIpc) is 2.62. The van der Waals surface area contributed by atoms with Crippen LogP contribution in [0.15, 0.2) is 29.3 Å². The van der Waals surface area contributed by atoms with E-state index in [1.54, 1.807) is 0 Å². The van der Waals surface area contributed by atoms with Gasteiger partial charge in [0.1, 0.15) is 0 Å². The van der Waals surface area contributed by atoms with Crippen molar-refractivity contribution in [1.82, 2.24) is 5.32 Å². The van der Waals surface area contributed by atoms with Gasteiger partial charge >= 0.3 is 11.9 Å². The van der Waals surface area contributed by atoms with Gasteiger partial charge in [-0.2, -0.15) is 0 Å². The largest absolute Gasteiger partial charge is 0.478 e. The lowest BCUT2D eigenvalue weighted by Gasteiger charge is -2.23. The first-order valence-corrected chi connectivity index (χ1v) is 8.73. The number of carboxylic acid groups (broad SMARTS) is 1. The molecule has 1 amide bonds. The fraction of sp³-hybridized carbons (Fsp3) is 0.450. The van der Waals surface area contributed by atoms with E-state index in [-0.39, 0.29) is 12.0 Å². The van der Waals surface area contributed by atoms with Crippen molar-refractivity contribution in [3.05, 3.63) is 46.0 Å². The van der Waals surface area contributed by atoms with E-state index in [1.165, 1.54) is 7.11 Å². The number of aliphatic carboxylic acids is 1. The second-order valence-corrected chi connectivity index (χ2v) is 6.64. The Labute approximate surface area is 153 Å². The number of carbonyl (C=O) groups excluding carboxylic acids is 2. The van der Waals surface area contributed by atoms with Gasteiger partial charge in [-0.25, -0.2) is 4.79 Å². The molecule has 0 bridgehead atoms. The molecule has 1 aliphatic rings. The van der Waals surface area contributed by atoms with Crippen molar-refractivity contribution in [3.8, 4) is 0 Å². The molecule has 6 nitrogen and oxygen atoms in total. The monoisotopic (exact) mass is 359 g/mol. The van der Waals surface area contributed by atoms with E-state index in [4.69, 9.17) is 4.74 Å². The zero-order chi connectivity index (χ0) is 19.3. The van der Waals surface area contributed by atoms with Crippen molar-refractivity contribution < 1.29 is 24.2 Å². The second-order valence-electron chi connectivity index (χ2n) is 6.64. The van der Waals surface area contributed by atoms with Crippen LogP contribution < -0.4 is 5.32 Å². The summed E-state index contributed by atoms with van der Waals surface area (Å²) in [4.78, 5) is 36.1. The SMILES string of the molecule is COC(=O)CC(NC(=O)C1=C(C(=O)O)CCCC1)c1cc(C)ccc1C. The van der Waals surface area contributed by atoms with Gasteiger partial charge in [-0.3, -0.25) is 9.59 Å². The number of rotatable bonds is 6. The first-order valence-electron chi connectivity index (χ1n) is 8.73. The number of carbonyl (C=O) groups is 3. The van der Waals surface area contributed by atoms with Gasteiger partial charge in [0.25, 0.3) is 0 Å². The summed E-state index contributed by atoms with van der Waals surface area (Å²) in [7, 11) is 1.30. The summed E-state index contributed by atoms with van der Waals surface area (Å²) in [6, 6.07) is 5.25. The fourth-order valence-electron chi connectivity index (χ4n) is 3.26. The molecule has 0 radical (unpaired) electrons. The molecular formula is C20H25NO5. The Balaban J connectivity index is 2.34. The van der Waals surface area contributed by atoms with Gasteiger partial charge in [-0.15, -0.1) is 0 Å². The highest BCUT2D eigenvalue weighted by molar-refractivity contribution is 6.02. The van der Waals surface area contributed by atoms with E-state index >= 15 is 0 Å². The van der Waals surface area contributed by atoms with Crippen LogP contribution in [0, 0.1) is 13.8 Å². The third-order valence-electron chi connectivity index (χ3n) is 4.71. The topological polar surface area (TPSA) is 92.7 Å². The maximum absolute atomic E-state index is 12.8. The molecular weight excluding hydrogens is 334 g/mol. The Morgan fingerprint density at radius 2 is 1.81 bits per heavy atom. The smallest absolute Gasteiger partial charge is 0.332 e. The zero-order valence-corrected chi connectivity index (χ0v) is 15.4. The molecule has 1 atom stereocenters. The minimum Gasteiger partial charge on any atom is -0.478 e. The van der Waals surface area contributed by atoms with Gasteiger partial charge in [0.15, 0.2) is 0 Å². The molecule has 1 unspecified atom stereocenters. The molecule has 2 N–H and O–H groups in total. The molecule has 0 saturated heterocycles. The third kappa shape index (κ3) is 4.71. The highest BCUT2D eigenvalue weighted by Crippen LogP contribution is 2.28. The molecule has 6 heteroatoms. The van der Waals surface area contributed by atoms with Crippen molar-refractivity contribution in [2.24, 2.45) is 0 Å². The number of benzene rings is 1. The third-order valence-corrected chi connectivity index (χ3v) is 4.71. The zero-order valence-electron chi connectivity index (χ0n) is 15.4. The summed E-state index contributed by atoms with van der Waals surface area (Å²) >= 11 is 0. The van der Waals surface area contributed by atoms with Crippen molar-refractivity contribution in [2.75, 3.05) is 7.11 Å². The Kier molecular flexibility index (Phi) is 6.55. The lowest BCUT2D eigenvalue weighted by molar-refractivity contribution is -0.141. The molecule has 0 fully saturated rings. The Bertz CT molecular complexity index is 751. The van der Waals surface area contributed by atoms with Crippen molar-refractivity contribution in [1.29, 1.82) is 0 Å². The van der Waals surface area contributed by atoms with Gasteiger partial charge < -0.3 is 15.2 Å². The van der Waals surface area contributed by atoms with E-state index in [9.17, 15) is 19.5 Å². The fourth-order valence-corrected chi connectivity index (χ4v) is 3.26. The molecule has 0 spiro atoms. The predicted molar refractivity (Wildman–Crippen MR) is 96.6 cm³/mol. The van der Waals surface area contributed by atoms with E-state index in [0.29, 0.717) is 18.4 Å². The number of hydrogen-bond acceptors (Lipinski definition) is 4. The molecule has 1 aromatic rings. The number of hydrogen-bond donors (Lipinski definition) is 2. The molecule has 1 aromatic carbocycles. The van der Waals surface area contributed by atoms with E-state index in [1.807, 2.05) is 32.0 Å². The van der Waals surface area contributed by atoms with Crippen molar-refractivity contribution >= 4 is 17.8 Å². The standard InChI is InChI=1S/C20H25NO5/c1-12-8-9-13(2)16(10-12)17(11-18(22)26-3)21-19(23)14-6-4-5-7-15(14)20(24)25/h8-10,17H,4-7,11H2,1-3H3,(H,21,23)(H,24,25). The lowest BCUT2D eigenvalue weighted by atomic mass is 9.90. The van der Waals surface area contributed by atoms with Crippen molar-refractivity contribution in [2.45, 2.75) is 52.0 Å². The molecule has 0 aliphatic heterocycles. The van der Waals surface area contributed by atoms with Gasteiger partial charge in [-0.05, 0) is 50.7 Å². The summed E-state index contributed by atoms with van der Waals surface area (Å²) in [5.74, 6) is -1.91. The number of amides is 1. The lowest BCUT2D eigenvalue weighted by Crippen LogP contribution is -2.33. The van der Waals surface area contributed by atoms with Crippen molar-refractivity contribution in [3.63, 3.8) is 0 Å². The number of methoxy groups -OCH3 is 1. The molecule has 0 saturated carbocycles. The normalized spacial score (nSPS) is 15.3. The van der Waals surface area contributed by atoms with Crippen LogP contribution in [0.1, 0.15) is 54.8 Å². The quantitative estimate of drug-likeness (QED) is 0.762. The highest BCUT2D eigenvalue weighted by atomic mass is 16.5. The maximum atomic E-state index is 12.8. The number of aryl methyl sites for hydroxylation is 2. The Morgan fingerprint density at radius 1 is 1.15 bits per heavy atom. The number of carboxylic acids is 1. The maximum Gasteiger partial charge on any atom is 0.332 e. The highest BCUT2D eigenvalue weighted by Gasteiger charge is 2.27. The van der Waals surface area contributed by atoms with Gasteiger partial charge in [0.05, 0.1) is 19.6 Å². The first-order chi connectivity index (χ1) is 12.3. The van der Waals surface area contributed by atoms with E-state index in [0.717, 1.165) is 29.5 Å². The van der Waals surface area contributed by atoms with Crippen LogP contribution in [-0.2, 0) is 19.1 Å². The molecule has 140 valence electrons. The molecule has 2 rings (SSSR count). The minimum atomic E-state index is -1.05. The van der Waals surface area contributed by atoms with E-state index < -0.39 is 23.9 Å². The van der Waals surface area contributed by atoms with Gasteiger partial charge in [0, 0.05) is 11.1 Å².